The van der Waals surface area contributed by atoms with Crippen molar-refractivity contribution in [2.45, 2.75) is 51.4 Å². The molecule has 1 heterocycles. The first-order valence-electron chi connectivity index (χ1n) is 9.79. The van der Waals surface area contributed by atoms with Gasteiger partial charge in [0.2, 0.25) is 0 Å². The molecule has 0 aliphatic heterocycles. The van der Waals surface area contributed by atoms with Crippen LogP contribution in [0.15, 0.2) is 54.7 Å². The Labute approximate surface area is 167 Å². The van der Waals surface area contributed by atoms with Crippen LogP contribution < -0.4 is 0 Å². The zero-order chi connectivity index (χ0) is 19.9. The molecule has 0 unspecified atom stereocenters. The van der Waals surface area contributed by atoms with E-state index in [9.17, 15) is 0 Å². The Morgan fingerprint density at radius 2 is 1.46 bits per heavy atom. The maximum atomic E-state index is 8.99. The van der Waals surface area contributed by atoms with E-state index in [1.807, 2.05) is 24.4 Å². The van der Waals surface area contributed by atoms with Gasteiger partial charge in [-0.15, -0.1) is 0 Å². The van der Waals surface area contributed by atoms with E-state index in [0.29, 0.717) is 11.4 Å². The molecule has 1 aliphatic carbocycles. The predicted molar refractivity (Wildman–Crippen MR) is 113 cm³/mol. The molecule has 4 rings (SSSR count). The maximum absolute atomic E-state index is 8.99. The number of benzene rings is 2. The Morgan fingerprint density at radius 1 is 0.821 bits per heavy atom. The lowest BCUT2D eigenvalue weighted by Crippen LogP contribution is -2.33. The molecule has 3 nitrogen and oxygen atoms in total. The summed E-state index contributed by atoms with van der Waals surface area (Å²) >= 11 is 0. The van der Waals surface area contributed by atoms with Crippen LogP contribution in [-0.4, -0.2) is 9.97 Å². The monoisotopic (exact) mass is 367 g/mol. The number of nitriles is 1. The van der Waals surface area contributed by atoms with Gasteiger partial charge in [-0.3, -0.25) is 0 Å². The molecule has 0 saturated heterocycles. The largest absolute Gasteiger partial charge is 0.237 e. The highest BCUT2D eigenvalue weighted by molar-refractivity contribution is 5.66. The van der Waals surface area contributed by atoms with Gasteiger partial charge in [-0.2, -0.15) is 5.26 Å². The summed E-state index contributed by atoms with van der Waals surface area (Å²) in [5, 5.41) is 8.99. The fourth-order valence-corrected chi connectivity index (χ4v) is 4.10. The highest BCUT2D eigenvalue weighted by Gasteiger charge is 2.37. The van der Waals surface area contributed by atoms with Crippen LogP contribution in [0.2, 0.25) is 0 Å². The predicted octanol–water partition coefficient (Wildman–Crippen LogP) is 6.03. The van der Waals surface area contributed by atoms with Crippen LogP contribution in [0.1, 0.15) is 57.2 Å². The van der Waals surface area contributed by atoms with Gasteiger partial charge < -0.3 is 0 Å². The van der Waals surface area contributed by atoms with Crippen molar-refractivity contribution in [2.24, 2.45) is 0 Å². The third-order valence-electron chi connectivity index (χ3n) is 6.08. The molecule has 0 fully saturated rings. The molecule has 0 atom stereocenters. The lowest BCUT2D eigenvalue weighted by atomic mass is 9.63. The van der Waals surface area contributed by atoms with Gasteiger partial charge in [0, 0.05) is 17.3 Å². The lowest BCUT2D eigenvalue weighted by Gasteiger charge is -2.42. The van der Waals surface area contributed by atoms with Crippen molar-refractivity contribution in [1.82, 2.24) is 9.97 Å². The van der Waals surface area contributed by atoms with Crippen molar-refractivity contribution >= 4 is 0 Å². The molecule has 0 radical (unpaired) electrons. The molecule has 2 aromatic carbocycles. The molecule has 1 aliphatic rings. The molecule has 0 N–H and O–H groups in total. The second kappa shape index (κ2) is 6.56. The lowest BCUT2D eigenvalue weighted by molar-refractivity contribution is 0.332. The zero-order valence-corrected chi connectivity index (χ0v) is 17.0. The van der Waals surface area contributed by atoms with E-state index in [1.54, 1.807) is 12.1 Å². The third kappa shape index (κ3) is 3.20. The van der Waals surface area contributed by atoms with Crippen molar-refractivity contribution in [3.8, 4) is 28.7 Å². The quantitative estimate of drug-likeness (QED) is 0.555. The number of rotatable bonds is 2. The first kappa shape index (κ1) is 18.4. The van der Waals surface area contributed by atoms with Crippen molar-refractivity contribution in [3.63, 3.8) is 0 Å². The molecule has 0 spiro atoms. The summed E-state index contributed by atoms with van der Waals surface area (Å²) < 4.78 is 0. The summed E-state index contributed by atoms with van der Waals surface area (Å²) in [6, 6.07) is 18.3. The van der Waals surface area contributed by atoms with Crippen LogP contribution in [0.5, 0.6) is 0 Å². The summed E-state index contributed by atoms with van der Waals surface area (Å²) in [4.78, 5) is 9.24. The smallest absolute Gasteiger partial charge is 0.159 e. The average Bonchev–Trinajstić information content (AvgIpc) is 2.71. The van der Waals surface area contributed by atoms with Crippen molar-refractivity contribution < 1.29 is 0 Å². The van der Waals surface area contributed by atoms with E-state index in [4.69, 9.17) is 10.2 Å². The number of nitrogens with zero attached hydrogens (tertiary/aromatic N) is 3. The Bertz CT molecular complexity index is 1070. The molecule has 0 saturated carbocycles. The van der Waals surface area contributed by atoms with E-state index in [1.165, 1.54) is 24.0 Å². The van der Waals surface area contributed by atoms with Crippen LogP contribution in [0.25, 0.3) is 22.6 Å². The summed E-state index contributed by atoms with van der Waals surface area (Å²) in [5.74, 6) is 0.680. The molecule has 28 heavy (non-hydrogen) atoms. The Kier molecular flexibility index (Phi) is 4.31. The molecule has 3 aromatic rings. The number of hydrogen-bond acceptors (Lipinski definition) is 3. The zero-order valence-electron chi connectivity index (χ0n) is 17.0. The summed E-state index contributed by atoms with van der Waals surface area (Å²) in [6.07, 6.45) is 4.21. The second-order valence-corrected chi connectivity index (χ2v) is 8.98. The van der Waals surface area contributed by atoms with E-state index in [-0.39, 0.29) is 10.8 Å². The fraction of sp³-hybridized carbons (Fsp3) is 0.320. The van der Waals surface area contributed by atoms with E-state index < -0.39 is 0 Å². The minimum absolute atomic E-state index is 0.170. The van der Waals surface area contributed by atoms with Crippen LogP contribution in [0, 0.1) is 11.3 Å². The number of fused-ring (bicyclic) bond motifs is 1. The Balaban J connectivity index is 1.77. The minimum atomic E-state index is 0.170. The SMILES string of the molecule is CC1(C)CCC(C)(C)c2cc(-c3ccnc(-c4ccc(C#N)cc4)n3)ccc21. The highest BCUT2D eigenvalue weighted by Crippen LogP contribution is 2.46. The third-order valence-corrected chi connectivity index (χ3v) is 6.08. The van der Waals surface area contributed by atoms with Crippen LogP contribution in [-0.2, 0) is 10.8 Å². The van der Waals surface area contributed by atoms with Gasteiger partial charge in [0.25, 0.3) is 0 Å². The molecule has 0 bridgehead atoms. The minimum Gasteiger partial charge on any atom is -0.237 e. The van der Waals surface area contributed by atoms with Gasteiger partial charge in [-0.05, 0) is 71.2 Å². The van der Waals surface area contributed by atoms with Crippen molar-refractivity contribution in [2.75, 3.05) is 0 Å². The maximum Gasteiger partial charge on any atom is 0.159 e. The topological polar surface area (TPSA) is 49.6 Å². The van der Waals surface area contributed by atoms with Gasteiger partial charge >= 0.3 is 0 Å². The van der Waals surface area contributed by atoms with Gasteiger partial charge in [0.15, 0.2) is 5.82 Å². The van der Waals surface area contributed by atoms with Gasteiger partial charge in [0.05, 0.1) is 17.3 Å². The average molecular weight is 367 g/mol. The van der Waals surface area contributed by atoms with E-state index >= 15 is 0 Å². The molecule has 140 valence electrons. The highest BCUT2D eigenvalue weighted by atomic mass is 14.9. The summed E-state index contributed by atoms with van der Waals surface area (Å²) in [5.41, 5.74) is 6.87. The Hall–Kier alpha value is -2.99. The van der Waals surface area contributed by atoms with Gasteiger partial charge in [0.1, 0.15) is 0 Å². The van der Waals surface area contributed by atoms with Gasteiger partial charge in [-0.25, -0.2) is 9.97 Å². The van der Waals surface area contributed by atoms with Gasteiger partial charge in [-0.1, -0.05) is 39.8 Å². The molecular weight excluding hydrogens is 342 g/mol. The van der Waals surface area contributed by atoms with E-state index in [0.717, 1.165) is 16.8 Å². The standard InChI is InChI=1S/C25H25N3/c1-24(2)12-13-25(3,4)21-15-19(9-10-20(21)24)22-11-14-27-23(28-22)18-7-5-17(16-26)6-8-18/h5-11,14-15H,12-13H2,1-4H3. The molecule has 1 aromatic heterocycles. The normalized spacial score (nSPS) is 16.8. The number of aromatic nitrogens is 2. The van der Waals surface area contributed by atoms with Crippen molar-refractivity contribution in [1.29, 1.82) is 5.26 Å². The van der Waals surface area contributed by atoms with E-state index in [2.05, 4.69) is 56.9 Å². The first-order valence-corrected chi connectivity index (χ1v) is 9.79. The molecule has 0 amide bonds. The fourth-order valence-electron chi connectivity index (χ4n) is 4.10. The second-order valence-electron chi connectivity index (χ2n) is 8.98. The van der Waals surface area contributed by atoms with Crippen LogP contribution in [0.3, 0.4) is 0 Å². The number of hydrogen-bond donors (Lipinski definition) is 0. The van der Waals surface area contributed by atoms with Crippen molar-refractivity contribution in [3.05, 3.63) is 71.4 Å². The summed E-state index contributed by atoms with van der Waals surface area (Å²) in [7, 11) is 0. The Morgan fingerprint density at radius 3 is 2.14 bits per heavy atom. The molecule has 3 heteroatoms. The molecular formula is C25H25N3. The summed E-state index contributed by atoms with van der Waals surface area (Å²) in [6.45, 7) is 9.36. The first-order chi connectivity index (χ1) is 13.3. The van der Waals surface area contributed by atoms with Crippen LogP contribution >= 0.6 is 0 Å². The van der Waals surface area contributed by atoms with Crippen LogP contribution in [0.4, 0.5) is 0 Å².